The molecule has 0 saturated heterocycles. The molecule has 0 rings (SSSR count). The van der Waals surface area contributed by atoms with Crippen LogP contribution in [0.15, 0.2) is 0 Å². The SMILES string of the molecule is [Al+3].[AsH3].[In+3].[P-3].[P-3]. The van der Waals surface area contributed by atoms with Crippen LogP contribution < -0.4 is 0 Å². The summed E-state index contributed by atoms with van der Waals surface area (Å²) in [4.78, 5) is 0. The molecule has 0 aliphatic rings. The summed E-state index contributed by atoms with van der Waals surface area (Å²) in [6, 6.07) is 0. The zero-order valence-corrected chi connectivity index (χ0v) is 12.0. The minimum absolute atomic E-state index is 0. The quantitative estimate of drug-likeness (QED) is 0.425. The van der Waals surface area contributed by atoms with E-state index in [1.807, 2.05) is 0 Å². The van der Waals surface area contributed by atoms with Crippen molar-refractivity contribution in [2.24, 2.45) is 0 Å². The van der Waals surface area contributed by atoms with Crippen molar-refractivity contribution in [3.05, 3.63) is 0 Å². The molecule has 0 heterocycles. The molecule has 1 atom stereocenters. The Morgan fingerprint density at radius 2 is 0.800 bits per heavy atom. The Balaban J connectivity index is 0. The van der Waals surface area contributed by atoms with Crippen molar-refractivity contribution in [1.82, 2.24) is 0 Å². The number of hydrogen-bond acceptors (Lipinski definition) is 0. The molecule has 1 unspecified atom stereocenters. The standard InChI is InChI=1S/Al.AsH3.In.2P/h;1H3;;;/q+3;;+3;2*-3. The Bertz CT molecular complexity index is 9.61. The van der Waals surface area contributed by atoms with E-state index in [-0.39, 0.29) is 81.0 Å². The third-order valence-electron chi connectivity index (χ3n) is 0. The maximum atomic E-state index is 0. The molecule has 5 heavy (non-hydrogen) atoms. The predicted molar refractivity (Wildman–Crippen MR) is 35.3 cm³/mol. The molecule has 0 nitrogen and oxygen atoms in total. The smallest absolute Gasteiger partial charge is 3.00 e. The van der Waals surface area contributed by atoms with Crippen molar-refractivity contribution in [3.8, 4) is 0 Å². The number of rotatable bonds is 0. The fourth-order valence-electron chi connectivity index (χ4n) is 0. The molecule has 0 saturated carbocycles. The van der Waals surface area contributed by atoms with Crippen LogP contribution in [0.4, 0.5) is 0 Å². The van der Waals surface area contributed by atoms with Gasteiger partial charge in [0, 0.05) is 0 Å². The van der Waals surface area contributed by atoms with Gasteiger partial charge in [0.15, 0.2) is 0 Å². The van der Waals surface area contributed by atoms with E-state index in [9.17, 15) is 0 Å². The molecule has 0 aliphatic heterocycles. The summed E-state index contributed by atoms with van der Waals surface area (Å²) in [6.45, 7) is 0. The monoisotopic (exact) mass is 282 g/mol. The normalized spacial score (nSPS) is 0. The van der Waals surface area contributed by atoms with E-state index in [2.05, 4.69) is 0 Å². The van der Waals surface area contributed by atoms with Gasteiger partial charge in [0.05, 0.1) is 0 Å². The van der Waals surface area contributed by atoms with Gasteiger partial charge in [-0.25, -0.2) is 0 Å². The maximum absolute atomic E-state index is 0. The Labute approximate surface area is 80.1 Å². The second-order valence-electron chi connectivity index (χ2n) is 0. The Morgan fingerprint density at radius 1 is 0.800 bits per heavy atom. The van der Waals surface area contributed by atoms with Crippen LogP contribution in [0.1, 0.15) is 0 Å². The third kappa shape index (κ3) is 19.9. The van der Waals surface area contributed by atoms with Gasteiger partial charge in [-0.3, -0.25) is 0 Å². The second-order valence-corrected chi connectivity index (χ2v) is 0. The van der Waals surface area contributed by atoms with Crippen LogP contribution in [0, 0.1) is 0 Å². The van der Waals surface area contributed by atoms with Crippen molar-refractivity contribution in [1.29, 1.82) is 0 Å². The van der Waals surface area contributed by atoms with E-state index < -0.39 is 0 Å². The van der Waals surface area contributed by atoms with E-state index >= 15 is 0 Å². The van der Waals surface area contributed by atoms with Crippen LogP contribution in [0.2, 0.25) is 0 Å². The van der Waals surface area contributed by atoms with Crippen molar-refractivity contribution < 1.29 is 0 Å². The molecule has 0 aromatic carbocycles. The van der Waals surface area contributed by atoms with Crippen molar-refractivity contribution in [2.45, 2.75) is 0 Å². The van der Waals surface area contributed by atoms with Gasteiger partial charge in [0.25, 0.3) is 0 Å². The van der Waals surface area contributed by atoms with E-state index in [1.54, 1.807) is 0 Å². The fraction of sp³-hybridized carbons (Fsp3) is 0. The van der Waals surface area contributed by atoms with Crippen LogP contribution in [0.5, 0.6) is 0 Å². The summed E-state index contributed by atoms with van der Waals surface area (Å²) >= 11 is 0. The summed E-state index contributed by atoms with van der Waals surface area (Å²) in [5.74, 6) is 0. The van der Waals surface area contributed by atoms with E-state index in [1.165, 1.54) is 0 Å². The van der Waals surface area contributed by atoms with Gasteiger partial charge in [0.1, 0.15) is 0 Å². The first-order valence-corrected chi connectivity index (χ1v) is 0. The third-order valence-corrected chi connectivity index (χ3v) is 0. The number of hydrogen-bond donors (Lipinski definition) is 0. The summed E-state index contributed by atoms with van der Waals surface area (Å²) in [6.07, 6.45) is 0. The van der Waals surface area contributed by atoms with Gasteiger partial charge in [-0.05, 0) is 0 Å². The van der Waals surface area contributed by atoms with Crippen molar-refractivity contribution >= 4 is 81.0 Å². The van der Waals surface area contributed by atoms with E-state index in [0.29, 0.717) is 0 Å². The Morgan fingerprint density at radius 3 is 0.800 bits per heavy atom. The van der Waals surface area contributed by atoms with Gasteiger partial charge < -0.3 is 19.8 Å². The molecule has 0 spiro atoms. The first-order valence-electron chi connectivity index (χ1n) is 0. The molecular formula is H3AlAsInP2. The van der Waals surface area contributed by atoms with Crippen LogP contribution in [0.3, 0.4) is 0 Å². The molecule has 24 valence electrons. The molecule has 0 fully saturated rings. The van der Waals surface area contributed by atoms with Crippen LogP contribution in [0.25, 0.3) is 0 Å². The van der Waals surface area contributed by atoms with Gasteiger partial charge in [-0.1, -0.05) is 0 Å². The van der Waals surface area contributed by atoms with Crippen LogP contribution in [-0.4, -0.2) is 61.2 Å². The average Bonchev–Trinajstić information content (AvgIpc) is 0. The average molecular weight is 282 g/mol. The molecule has 0 aromatic rings. The Hall–Kier alpha value is 2.82. The minimum Gasteiger partial charge on any atom is -3.00 e. The molecule has 0 aliphatic carbocycles. The molecule has 0 aromatic heterocycles. The molecule has 5 heteroatoms. The van der Waals surface area contributed by atoms with Crippen molar-refractivity contribution in [3.63, 3.8) is 0 Å². The summed E-state index contributed by atoms with van der Waals surface area (Å²) in [5, 5.41) is 0. The molecule has 0 N–H and O–H groups in total. The summed E-state index contributed by atoms with van der Waals surface area (Å²) in [5.41, 5.74) is 0. The zero-order valence-electron chi connectivity index (χ0n) is 2.76. The molecular weight excluding hydrogens is 279 g/mol. The topological polar surface area (TPSA) is 0 Å². The van der Waals surface area contributed by atoms with E-state index in [0.717, 1.165) is 0 Å². The van der Waals surface area contributed by atoms with Gasteiger partial charge >= 0.3 is 61.2 Å². The maximum Gasteiger partial charge on any atom is 3.00 e. The van der Waals surface area contributed by atoms with Crippen LogP contribution >= 0.6 is 19.8 Å². The fourth-order valence-corrected chi connectivity index (χ4v) is 0. The molecule has 0 radical (unpaired) electrons. The first-order chi connectivity index (χ1) is 0. The van der Waals surface area contributed by atoms with E-state index in [4.69, 9.17) is 0 Å². The second kappa shape index (κ2) is 29.0. The minimum atomic E-state index is 0. The predicted octanol–water partition coefficient (Wildman–Crippen LogP) is -0.223. The Kier molecular flexibility index (Phi) is 266. The molecule has 0 amide bonds. The van der Waals surface area contributed by atoms with Gasteiger partial charge in [-0.2, -0.15) is 0 Å². The van der Waals surface area contributed by atoms with Crippen LogP contribution in [-0.2, 0) is 0 Å². The largest absolute Gasteiger partial charge is 3.00 e. The zero-order chi connectivity index (χ0) is 0. The summed E-state index contributed by atoms with van der Waals surface area (Å²) in [7, 11) is 0. The van der Waals surface area contributed by atoms with Gasteiger partial charge in [-0.15, -0.1) is 0 Å². The first kappa shape index (κ1) is 45.7. The van der Waals surface area contributed by atoms with Gasteiger partial charge in [0.2, 0.25) is 0 Å². The van der Waals surface area contributed by atoms with Crippen molar-refractivity contribution in [2.75, 3.05) is 0 Å². The molecule has 0 bridgehead atoms. The summed E-state index contributed by atoms with van der Waals surface area (Å²) < 4.78 is 0.